The lowest BCUT2D eigenvalue weighted by Gasteiger charge is -2.26. The Bertz CT molecular complexity index is 1320. The number of phenols is 1. The van der Waals surface area contributed by atoms with Crippen molar-refractivity contribution in [2.75, 3.05) is 16.8 Å². The van der Waals surface area contributed by atoms with E-state index in [0.717, 1.165) is 4.90 Å². The molecule has 0 unspecified atom stereocenters. The van der Waals surface area contributed by atoms with Crippen molar-refractivity contribution in [3.05, 3.63) is 89.0 Å². The van der Waals surface area contributed by atoms with Gasteiger partial charge in [-0.3, -0.25) is 19.7 Å². The maximum Gasteiger partial charge on any atom is 0.335 e. The van der Waals surface area contributed by atoms with Crippen LogP contribution in [0, 0.1) is 0 Å². The molecule has 0 atom stereocenters. The zero-order chi connectivity index (χ0) is 24.9. The summed E-state index contributed by atoms with van der Waals surface area (Å²) >= 11 is 5.82. The van der Waals surface area contributed by atoms with Crippen LogP contribution in [0.4, 0.5) is 16.2 Å². The third-order valence-corrected chi connectivity index (χ3v) is 5.15. The molecule has 35 heavy (non-hydrogen) atoms. The molecular weight excluding hydrogens is 474 g/mol. The van der Waals surface area contributed by atoms with E-state index in [2.05, 4.69) is 10.6 Å². The molecule has 9 nitrogen and oxygen atoms in total. The van der Waals surface area contributed by atoms with Crippen molar-refractivity contribution in [3.63, 3.8) is 0 Å². The van der Waals surface area contributed by atoms with Crippen molar-refractivity contribution in [3.8, 4) is 11.5 Å². The third kappa shape index (κ3) is 5.66. The van der Waals surface area contributed by atoms with Crippen molar-refractivity contribution in [2.45, 2.75) is 0 Å². The summed E-state index contributed by atoms with van der Waals surface area (Å²) in [6, 6.07) is 17.5. The van der Waals surface area contributed by atoms with Gasteiger partial charge >= 0.3 is 6.03 Å². The monoisotopic (exact) mass is 491 g/mol. The van der Waals surface area contributed by atoms with Crippen molar-refractivity contribution >= 4 is 52.8 Å². The van der Waals surface area contributed by atoms with Gasteiger partial charge in [0.15, 0.2) is 6.61 Å². The van der Waals surface area contributed by atoms with Gasteiger partial charge in [0.05, 0.1) is 5.69 Å². The average molecular weight is 492 g/mol. The number of aromatic hydroxyl groups is 1. The molecule has 5 amide bonds. The van der Waals surface area contributed by atoms with Crippen LogP contribution in [0.1, 0.15) is 5.56 Å². The van der Waals surface area contributed by atoms with Crippen LogP contribution in [-0.4, -0.2) is 35.5 Å². The number of imide groups is 2. The number of rotatable bonds is 6. The number of benzene rings is 3. The number of nitrogens with zero attached hydrogens (tertiary/aromatic N) is 1. The summed E-state index contributed by atoms with van der Waals surface area (Å²) in [7, 11) is 0. The molecule has 1 aliphatic heterocycles. The van der Waals surface area contributed by atoms with Crippen LogP contribution >= 0.6 is 11.6 Å². The highest BCUT2D eigenvalue weighted by molar-refractivity contribution is 6.39. The number of phenolic OH excluding ortho intramolecular Hbond substituents is 1. The number of anilines is 2. The Hall–Kier alpha value is -4.63. The first-order chi connectivity index (χ1) is 16.8. The Morgan fingerprint density at radius 2 is 1.63 bits per heavy atom. The van der Waals surface area contributed by atoms with Crippen molar-refractivity contribution in [2.24, 2.45) is 0 Å². The Balaban J connectivity index is 1.42. The van der Waals surface area contributed by atoms with Gasteiger partial charge in [-0.1, -0.05) is 23.7 Å². The second kappa shape index (κ2) is 10.1. The SMILES string of the molecule is O=C(COc1ccc(/C=C2\C(=O)NC(=O)N(c3ccc(O)cc3)C2=O)cc1)Nc1ccc(Cl)cc1. The van der Waals surface area contributed by atoms with Crippen LogP contribution in [0.25, 0.3) is 6.08 Å². The highest BCUT2D eigenvalue weighted by atomic mass is 35.5. The van der Waals surface area contributed by atoms with Crippen molar-refractivity contribution in [1.29, 1.82) is 0 Å². The predicted molar refractivity (Wildman–Crippen MR) is 129 cm³/mol. The van der Waals surface area contributed by atoms with Gasteiger partial charge in [-0.25, -0.2) is 9.69 Å². The van der Waals surface area contributed by atoms with E-state index >= 15 is 0 Å². The molecule has 0 aliphatic carbocycles. The molecule has 3 aromatic rings. The molecule has 1 fully saturated rings. The number of barbiturate groups is 1. The molecule has 10 heteroatoms. The lowest BCUT2D eigenvalue weighted by molar-refractivity contribution is -0.122. The van der Waals surface area contributed by atoms with Gasteiger partial charge in [-0.15, -0.1) is 0 Å². The number of nitrogens with one attached hydrogen (secondary N) is 2. The van der Waals surface area contributed by atoms with Crippen molar-refractivity contribution < 1.29 is 29.0 Å². The first-order valence-electron chi connectivity index (χ1n) is 10.3. The maximum atomic E-state index is 12.9. The van der Waals surface area contributed by atoms with E-state index in [1.54, 1.807) is 48.5 Å². The topological polar surface area (TPSA) is 125 Å². The molecule has 1 aliphatic rings. The minimum atomic E-state index is -0.886. The molecule has 3 N–H and O–H groups in total. The van der Waals surface area contributed by atoms with Gasteiger partial charge in [0.25, 0.3) is 17.7 Å². The number of hydrogen-bond acceptors (Lipinski definition) is 6. The molecule has 3 aromatic carbocycles. The van der Waals surface area contributed by atoms with Gasteiger partial charge in [0, 0.05) is 10.7 Å². The molecular formula is C25H18ClN3O6. The maximum absolute atomic E-state index is 12.9. The Kier molecular flexibility index (Phi) is 6.79. The van der Waals surface area contributed by atoms with Gasteiger partial charge < -0.3 is 15.2 Å². The number of carbonyl (C=O) groups excluding carboxylic acids is 4. The van der Waals surface area contributed by atoms with Gasteiger partial charge in [0.1, 0.15) is 17.1 Å². The lowest BCUT2D eigenvalue weighted by atomic mass is 10.1. The molecule has 1 heterocycles. The smallest absolute Gasteiger partial charge is 0.335 e. The van der Waals surface area contributed by atoms with E-state index < -0.39 is 17.8 Å². The first kappa shape index (κ1) is 23.5. The van der Waals surface area contributed by atoms with Crippen LogP contribution < -0.4 is 20.3 Å². The van der Waals surface area contributed by atoms with E-state index in [-0.39, 0.29) is 29.5 Å². The number of ether oxygens (including phenoxy) is 1. The summed E-state index contributed by atoms with van der Waals surface area (Å²) in [5, 5.41) is 14.8. The Morgan fingerprint density at radius 1 is 0.971 bits per heavy atom. The fourth-order valence-corrected chi connectivity index (χ4v) is 3.33. The predicted octanol–water partition coefficient (Wildman–Crippen LogP) is 3.73. The van der Waals surface area contributed by atoms with Gasteiger partial charge in [0.2, 0.25) is 0 Å². The molecule has 1 saturated heterocycles. The zero-order valence-electron chi connectivity index (χ0n) is 18.0. The fraction of sp³-hybridized carbons (Fsp3) is 0.0400. The summed E-state index contributed by atoms with van der Waals surface area (Å²) in [6.45, 7) is -0.229. The molecule has 176 valence electrons. The summed E-state index contributed by atoms with van der Waals surface area (Å²) in [6.07, 6.45) is 1.34. The normalized spacial score (nSPS) is 14.6. The molecule has 0 bridgehead atoms. The average Bonchev–Trinajstić information content (AvgIpc) is 2.84. The zero-order valence-corrected chi connectivity index (χ0v) is 18.8. The largest absolute Gasteiger partial charge is 0.508 e. The summed E-state index contributed by atoms with van der Waals surface area (Å²) in [4.78, 5) is 50.3. The van der Waals surface area contributed by atoms with Crippen LogP contribution in [0.2, 0.25) is 5.02 Å². The quantitative estimate of drug-likeness (QED) is 0.356. The number of hydrogen-bond donors (Lipinski definition) is 3. The third-order valence-electron chi connectivity index (χ3n) is 4.90. The number of urea groups is 1. The minimum Gasteiger partial charge on any atom is -0.508 e. The second-order valence-electron chi connectivity index (χ2n) is 7.39. The summed E-state index contributed by atoms with van der Waals surface area (Å²) in [5.41, 5.74) is 1.04. The highest BCUT2D eigenvalue weighted by Gasteiger charge is 2.36. The van der Waals surface area contributed by atoms with Crippen LogP contribution in [0.3, 0.4) is 0 Å². The minimum absolute atomic E-state index is 0.0322. The van der Waals surface area contributed by atoms with E-state index in [0.29, 0.717) is 22.0 Å². The molecule has 0 radical (unpaired) electrons. The molecule has 4 rings (SSSR count). The lowest BCUT2D eigenvalue weighted by Crippen LogP contribution is -2.54. The number of amides is 5. The van der Waals surface area contributed by atoms with Crippen molar-refractivity contribution in [1.82, 2.24) is 5.32 Å². The summed E-state index contributed by atoms with van der Waals surface area (Å²) < 4.78 is 5.47. The molecule has 0 aromatic heterocycles. The van der Waals surface area contributed by atoms with Crippen LogP contribution in [0.15, 0.2) is 78.4 Å². The Morgan fingerprint density at radius 3 is 2.29 bits per heavy atom. The molecule has 0 spiro atoms. The van der Waals surface area contributed by atoms with E-state index in [1.165, 1.54) is 30.3 Å². The summed E-state index contributed by atoms with van der Waals surface area (Å²) in [5.74, 6) is -1.62. The van der Waals surface area contributed by atoms with Crippen LogP contribution in [0.5, 0.6) is 11.5 Å². The first-order valence-corrected chi connectivity index (χ1v) is 10.7. The van der Waals surface area contributed by atoms with Gasteiger partial charge in [-0.2, -0.15) is 0 Å². The molecule has 0 saturated carbocycles. The van der Waals surface area contributed by atoms with E-state index in [4.69, 9.17) is 16.3 Å². The number of carbonyl (C=O) groups is 4. The number of halogens is 1. The highest BCUT2D eigenvalue weighted by Crippen LogP contribution is 2.24. The van der Waals surface area contributed by atoms with E-state index in [1.807, 2.05) is 0 Å². The second-order valence-corrected chi connectivity index (χ2v) is 7.82. The van der Waals surface area contributed by atoms with Crippen LogP contribution in [-0.2, 0) is 14.4 Å². The standard InChI is InChI=1S/C25H18ClN3O6/c26-16-3-5-17(6-4-16)27-22(31)14-35-20-11-1-15(2-12-20)13-21-23(32)28-25(34)29(24(21)33)18-7-9-19(30)10-8-18/h1-13,30H,14H2,(H,27,31)(H,28,32,34)/b21-13+. The Labute approximate surface area is 204 Å². The van der Waals surface area contributed by atoms with E-state index in [9.17, 15) is 24.3 Å². The fourth-order valence-electron chi connectivity index (χ4n) is 3.20. The van der Waals surface area contributed by atoms with Gasteiger partial charge in [-0.05, 0) is 72.3 Å².